The first-order valence-corrected chi connectivity index (χ1v) is 15.1. The number of benzene rings is 3. The van der Waals surface area contributed by atoms with Crippen LogP contribution in [0.2, 0.25) is 0 Å². The van der Waals surface area contributed by atoms with Crippen LogP contribution in [-0.4, -0.2) is 75.7 Å². The molecule has 0 aromatic heterocycles. The molecule has 3 aromatic rings. The van der Waals surface area contributed by atoms with E-state index in [2.05, 4.69) is 26.6 Å². The Labute approximate surface area is 268 Å². The molecule has 0 radical (unpaired) electrons. The van der Waals surface area contributed by atoms with Crippen LogP contribution in [0.3, 0.4) is 0 Å². The van der Waals surface area contributed by atoms with E-state index >= 15 is 0 Å². The first-order valence-electron chi connectivity index (χ1n) is 14.3. The Bertz CT molecular complexity index is 1490. The number of halogens is 3. The molecule has 3 aromatic carbocycles. The molecular weight excluding hydrogens is 654 g/mol. The summed E-state index contributed by atoms with van der Waals surface area (Å²) in [6, 6.07) is 18.1. The number of hydrogen-bond donors (Lipinski definition) is 2. The SMILES string of the molecule is COC(=O)c1ccc(OCCN(C(=O)CCCN2CCC(F)(F)C2)c2ccc(NC(=O)Nc3ccccc3Br)c(OC)c2)cc1. The first-order chi connectivity index (χ1) is 21.6. The highest BCUT2D eigenvalue weighted by molar-refractivity contribution is 9.10. The molecule has 0 atom stereocenters. The smallest absolute Gasteiger partial charge is 0.337 e. The zero-order valence-corrected chi connectivity index (χ0v) is 26.6. The van der Waals surface area contributed by atoms with Crippen molar-refractivity contribution in [1.29, 1.82) is 0 Å². The number of amides is 3. The Morgan fingerprint density at radius 3 is 2.40 bits per heavy atom. The summed E-state index contributed by atoms with van der Waals surface area (Å²) < 4.78 is 44.0. The number of ether oxygens (including phenoxy) is 3. The second-order valence-electron chi connectivity index (χ2n) is 10.3. The fraction of sp³-hybridized carbons (Fsp3) is 0.344. The number of rotatable bonds is 13. The van der Waals surface area contributed by atoms with Gasteiger partial charge < -0.3 is 29.7 Å². The summed E-state index contributed by atoms with van der Waals surface area (Å²) in [7, 11) is 2.75. The molecule has 1 aliphatic rings. The van der Waals surface area contributed by atoms with Gasteiger partial charge in [0.1, 0.15) is 18.1 Å². The Morgan fingerprint density at radius 2 is 1.73 bits per heavy atom. The summed E-state index contributed by atoms with van der Waals surface area (Å²) in [5.74, 6) is -2.55. The molecule has 0 spiro atoms. The number of carbonyl (C=O) groups excluding carboxylic acids is 3. The number of para-hydroxylation sites is 1. The largest absolute Gasteiger partial charge is 0.494 e. The average molecular weight is 690 g/mol. The van der Waals surface area contributed by atoms with Gasteiger partial charge in [0.05, 0.1) is 44.2 Å². The van der Waals surface area contributed by atoms with Gasteiger partial charge >= 0.3 is 12.0 Å². The highest BCUT2D eigenvalue weighted by atomic mass is 79.9. The summed E-state index contributed by atoms with van der Waals surface area (Å²) >= 11 is 3.40. The molecule has 45 heavy (non-hydrogen) atoms. The van der Waals surface area contributed by atoms with E-state index in [0.717, 1.165) is 4.47 Å². The molecule has 240 valence electrons. The quantitative estimate of drug-likeness (QED) is 0.200. The third-order valence-corrected chi connectivity index (χ3v) is 7.83. The first kappa shape index (κ1) is 33.7. The molecule has 3 amide bonds. The van der Waals surface area contributed by atoms with Crippen LogP contribution < -0.4 is 25.0 Å². The number of alkyl halides is 2. The fourth-order valence-corrected chi connectivity index (χ4v) is 5.22. The molecule has 1 heterocycles. The van der Waals surface area contributed by atoms with Crippen molar-refractivity contribution >= 4 is 50.9 Å². The van der Waals surface area contributed by atoms with Gasteiger partial charge in [0.25, 0.3) is 5.92 Å². The summed E-state index contributed by atoms with van der Waals surface area (Å²) in [6.07, 6.45) is 0.367. The van der Waals surface area contributed by atoms with Crippen LogP contribution in [0, 0.1) is 0 Å². The van der Waals surface area contributed by atoms with Crippen molar-refractivity contribution < 1.29 is 37.4 Å². The number of likely N-dealkylation sites (tertiary alicyclic amines) is 1. The van der Waals surface area contributed by atoms with Crippen LogP contribution in [0.15, 0.2) is 71.2 Å². The van der Waals surface area contributed by atoms with Crippen LogP contribution in [0.5, 0.6) is 11.5 Å². The number of methoxy groups -OCH3 is 2. The number of urea groups is 1. The molecule has 0 bridgehead atoms. The third kappa shape index (κ3) is 9.63. The second kappa shape index (κ2) is 15.7. The van der Waals surface area contributed by atoms with Gasteiger partial charge in [-0.2, -0.15) is 0 Å². The molecule has 1 saturated heterocycles. The number of esters is 1. The normalized spacial score (nSPS) is 14.0. The Kier molecular flexibility index (Phi) is 11.7. The van der Waals surface area contributed by atoms with E-state index in [1.807, 2.05) is 6.07 Å². The highest BCUT2D eigenvalue weighted by Gasteiger charge is 2.37. The van der Waals surface area contributed by atoms with Crippen LogP contribution in [0.4, 0.5) is 30.6 Å². The number of nitrogens with one attached hydrogen (secondary N) is 2. The van der Waals surface area contributed by atoms with E-state index in [0.29, 0.717) is 53.6 Å². The highest BCUT2D eigenvalue weighted by Crippen LogP contribution is 2.31. The fourth-order valence-electron chi connectivity index (χ4n) is 4.83. The van der Waals surface area contributed by atoms with Crippen molar-refractivity contribution in [3.05, 3.63) is 76.8 Å². The lowest BCUT2D eigenvalue weighted by molar-refractivity contribution is -0.118. The average Bonchev–Trinajstić information content (AvgIpc) is 3.38. The molecule has 0 aliphatic carbocycles. The Hall–Kier alpha value is -4.23. The predicted molar refractivity (Wildman–Crippen MR) is 171 cm³/mol. The second-order valence-corrected chi connectivity index (χ2v) is 11.2. The van der Waals surface area contributed by atoms with E-state index in [1.54, 1.807) is 65.6 Å². The molecule has 0 saturated carbocycles. The number of anilines is 3. The van der Waals surface area contributed by atoms with Gasteiger partial charge in [0.2, 0.25) is 5.91 Å². The summed E-state index contributed by atoms with van der Waals surface area (Å²) in [5.41, 5.74) is 1.85. The Balaban J connectivity index is 1.45. The summed E-state index contributed by atoms with van der Waals surface area (Å²) in [6.45, 7) is 0.676. The van der Waals surface area contributed by atoms with Crippen molar-refractivity contribution in [2.75, 3.05) is 62.5 Å². The zero-order chi connectivity index (χ0) is 32.4. The van der Waals surface area contributed by atoms with E-state index in [4.69, 9.17) is 14.2 Å². The van der Waals surface area contributed by atoms with Gasteiger partial charge in [-0.3, -0.25) is 9.69 Å². The minimum absolute atomic E-state index is 0.123. The molecule has 1 aliphatic heterocycles. The predicted octanol–water partition coefficient (Wildman–Crippen LogP) is 6.42. The molecule has 1 fully saturated rings. The zero-order valence-electron chi connectivity index (χ0n) is 25.0. The van der Waals surface area contributed by atoms with Crippen molar-refractivity contribution in [3.8, 4) is 11.5 Å². The van der Waals surface area contributed by atoms with Crippen LogP contribution in [0.1, 0.15) is 29.6 Å². The minimum atomic E-state index is -2.69. The molecule has 10 nitrogen and oxygen atoms in total. The lowest BCUT2D eigenvalue weighted by Gasteiger charge is -2.25. The van der Waals surface area contributed by atoms with Gasteiger partial charge in [0.15, 0.2) is 0 Å². The topological polar surface area (TPSA) is 109 Å². The van der Waals surface area contributed by atoms with E-state index in [-0.39, 0.29) is 38.4 Å². The van der Waals surface area contributed by atoms with Gasteiger partial charge in [0, 0.05) is 35.6 Å². The standard InChI is InChI=1S/C32H35BrF2N4O6/c1-43-28-20-23(11-14-27(28)37-31(42)36-26-7-4-3-6-25(26)33)39(29(40)8-5-16-38-17-15-32(34,35)21-38)18-19-45-24-12-9-22(10-13-24)30(41)44-2/h3-4,6-7,9-14,20H,5,8,15-19,21H2,1-2H3,(H2,36,37,42). The van der Waals surface area contributed by atoms with E-state index < -0.39 is 17.9 Å². The molecule has 13 heteroatoms. The minimum Gasteiger partial charge on any atom is -0.494 e. The van der Waals surface area contributed by atoms with Crippen molar-refractivity contribution in [1.82, 2.24) is 4.90 Å². The monoisotopic (exact) mass is 688 g/mol. The maximum atomic E-state index is 13.6. The van der Waals surface area contributed by atoms with Crippen LogP contribution in [0.25, 0.3) is 0 Å². The van der Waals surface area contributed by atoms with Crippen molar-refractivity contribution in [3.63, 3.8) is 0 Å². The Morgan fingerprint density at radius 1 is 1.00 bits per heavy atom. The van der Waals surface area contributed by atoms with Crippen LogP contribution in [-0.2, 0) is 9.53 Å². The van der Waals surface area contributed by atoms with E-state index in [9.17, 15) is 23.2 Å². The third-order valence-electron chi connectivity index (χ3n) is 7.14. The lowest BCUT2D eigenvalue weighted by Crippen LogP contribution is -2.35. The molecule has 2 N–H and O–H groups in total. The van der Waals surface area contributed by atoms with Gasteiger partial charge in [-0.15, -0.1) is 0 Å². The van der Waals surface area contributed by atoms with E-state index in [1.165, 1.54) is 19.1 Å². The summed E-state index contributed by atoms with van der Waals surface area (Å²) in [4.78, 5) is 41.1. The van der Waals surface area contributed by atoms with Crippen LogP contribution >= 0.6 is 15.9 Å². The maximum absolute atomic E-state index is 13.6. The number of carbonyl (C=O) groups is 3. The molecule has 4 rings (SSSR count). The van der Waals surface area contributed by atoms with Gasteiger partial charge in [-0.1, -0.05) is 12.1 Å². The van der Waals surface area contributed by atoms with Crippen molar-refractivity contribution in [2.45, 2.75) is 25.2 Å². The number of nitrogens with zero attached hydrogens (tertiary/aromatic N) is 2. The molecular formula is C32H35BrF2N4O6. The number of hydrogen-bond acceptors (Lipinski definition) is 7. The summed E-state index contributed by atoms with van der Waals surface area (Å²) in [5, 5.41) is 5.53. The van der Waals surface area contributed by atoms with Crippen molar-refractivity contribution in [2.24, 2.45) is 0 Å². The van der Waals surface area contributed by atoms with Gasteiger partial charge in [-0.25, -0.2) is 18.4 Å². The van der Waals surface area contributed by atoms with Gasteiger partial charge in [-0.05, 0) is 77.4 Å². The lowest BCUT2D eigenvalue weighted by atomic mass is 10.2. The molecule has 0 unspecified atom stereocenters. The maximum Gasteiger partial charge on any atom is 0.337 e.